The first-order chi connectivity index (χ1) is 13.0. The fourth-order valence-corrected chi connectivity index (χ4v) is 2.77. The summed E-state index contributed by atoms with van der Waals surface area (Å²) < 4.78 is 11.0. The van der Waals surface area contributed by atoms with Gasteiger partial charge in [0.15, 0.2) is 6.61 Å². The third-order valence-corrected chi connectivity index (χ3v) is 3.96. The van der Waals surface area contributed by atoms with Gasteiger partial charge in [0.2, 0.25) is 0 Å². The van der Waals surface area contributed by atoms with Crippen LogP contribution in [0.4, 0.5) is 11.4 Å². The van der Waals surface area contributed by atoms with E-state index in [1.54, 1.807) is 53.4 Å². The highest BCUT2D eigenvalue weighted by molar-refractivity contribution is 6.05. The van der Waals surface area contributed by atoms with Crippen LogP contribution in [0.3, 0.4) is 0 Å². The lowest BCUT2D eigenvalue weighted by Gasteiger charge is -2.28. The summed E-state index contributed by atoms with van der Waals surface area (Å²) >= 11 is 0. The smallest absolute Gasteiger partial charge is 0.265 e. The molecule has 0 saturated heterocycles. The first kappa shape index (κ1) is 18.5. The number of fused-ring (bicyclic) bond motifs is 1. The fourth-order valence-electron chi connectivity index (χ4n) is 2.77. The fraction of sp³-hybridized carbons (Fsp3) is 0.238. The highest BCUT2D eigenvalue weighted by Gasteiger charge is 2.25. The van der Waals surface area contributed by atoms with Crippen molar-refractivity contribution in [2.24, 2.45) is 0 Å². The van der Waals surface area contributed by atoms with Gasteiger partial charge in [0.05, 0.1) is 11.8 Å². The Morgan fingerprint density at radius 2 is 2.04 bits per heavy atom. The van der Waals surface area contributed by atoms with Gasteiger partial charge in [-0.15, -0.1) is 6.58 Å². The maximum Gasteiger partial charge on any atom is 0.265 e. The minimum atomic E-state index is -0.246. The number of carbonyl (C=O) groups is 2. The molecule has 2 aromatic rings. The van der Waals surface area contributed by atoms with Crippen molar-refractivity contribution in [2.75, 3.05) is 23.4 Å². The molecular formula is C21H22N2O4. The van der Waals surface area contributed by atoms with E-state index in [1.807, 2.05) is 13.8 Å². The van der Waals surface area contributed by atoms with Crippen molar-refractivity contribution < 1.29 is 19.1 Å². The number of benzene rings is 2. The van der Waals surface area contributed by atoms with Crippen LogP contribution in [0.25, 0.3) is 0 Å². The maximum atomic E-state index is 12.5. The summed E-state index contributed by atoms with van der Waals surface area (Å²) in [5.41, 5.74) is 1.71. The molecule has 27 heavy (non-hydrogen) atoms. The van der Waals surface area contributed by atoms with Crippen LogP contribution in [0.1, 0.15) is 24.2 Å². The van der Waals surface area contributed by atoms with Gasteiger partial charge in [-0.3, -0.25) is 9.59 Å². The summed E-state index contributed by atoms with van der Waals surface area (Å²) in [6, 6.07) is 12.2. The maximum absolute atomic E-state index is 12.5. The van der Waals surface area contributed by atoms with Crippen molar-refractivity contribution in [2.45, 2.75) is 20.0 Å². The average Bonchev–Trinajstić information content (AvgIpc) is 2.64. The molecule has 6 nitrogen and oxygen atoms in total. The highest BCUT2D eigenvalue weighted by atomic mass is 16.5. The number of hydrogen-bond donors (Lipinski definition) is 1. The summed E-state index contributed by atoms with van der Waals surface area (Å²) in [5, 5.41) is 2.85. The quantitative estimate of drug-likeness (QED) is 0.793. The summed E-state index contributed by atoms with van der Waals surface area (Å²) in [5.74, 6) is 0.923. The van der Waals surface area contributed by atoms with E-state index in [0.29, 0.717) is 35.0 Å². The molecule has 2 amide bonds. The van der Waals surface area contributed by atoms with E-state index >= 15 is 0 Å². The monoisotopic (exact) mass is 366 g/mol. The molecule has 0 atom stereocenters. The molecule has 0 spiro atoms. The van der Waals surface area contributed by atoms with Crippen LogP contribution in [0, 0.1) is 0 Å². The molecule has 2 aromatic carbocycles. The number of amides is 2. The molecule has 3 rings (SSSR count). The number of nitrogens with zero attached hydrogens (tertiary/aromatic N) is 1. The summed E-state index contributed by atoms with van der Waals surface area (Å²) in [7, 11) is 0. The minimum absolute atomic E-state index is 0.00264. The zero-order valence-corrected chi connectivity index (χ0v) is 15.4. The number of anilines is 2. The molecule has 1 heterocycles. The van der Waals surface area contributed by atoms with Gasteiger partial charge in [-0.1, -0.05) is 6.08 Å². The second kappa shape index (κ2) is 7.95. The van der Waals surface area contributed by atoms with Crippen molar-refractivity contribution in [3.8, 4) is 11.5 Å². The molecular weight excluding hydrogens is 344 g/mol. The van der Waals surface area contributed by atoms with Crippen LogP contribution in [0.5, 0.6) is 11.5 Å². The largest absolute Gasteiger partial charge is 0.491 e. The zero-order valence-electron chi connectivity index (χ0n) is 15.4. The lowest BCUT2D eigenvalue weighted by atomic mass is 10.1. The number of rotatable bonds is 6. The highest BCUT2D eigenvalue weighted by Crippen LogP contribution is 2.34. The Labute approximate surface area is 158 Å². The van der Waals surface area contributed by atoms with Crippen LogP contribution < -0.4 is 19.7 Å². The molecule has 0 radical (unpaired) electrons. The van der Waals surface area contributed by atoms with Crippen molar-refractivity contribution in [1.29, 1.82) is 0 Å². The van der Waals surface area contributed by atoms with Gasteiger partial charge < -0.3 is 19.7 Å². The summed E-state index contributed by atoms with van der Waals surface area (Å²) in [4.78, 5) is 26.2. The van der Waals surface area contributed by atoms with Gasteiger partial charge in [0.1, 0.15) is 11.5 Å². The predicted molar refractivity (Wildman–Crippen MR) is 105 cm³/mol. The van der Waals surface area contributed by atoms with E-state index in [2.05, 4.69) is 11.9 Å². The molecule has 1 N–H and O–H groups in total. The van der Waals surface area contributed by atoms with Crippen molar-refractivity contribution in [1.82, 2.24) is 0 Å². The SMILES string of the molecule is C=CCN1C(=O)COc2ccc(NC(=O)c3ccc(OC(C)C)cc3)cc21. The van der Waals surface area contributed by atoms with Gasteiger partial charge in [-0.2, -0.15) is 0 Å². The first-order valence-corrected chi connectivity index (χ1v) is 8.74. The predicted octanol–water partition coefficient (Wildman–Crippen LogP) is 3.64. The molecule has 0 aromatic heterocycles. The molecule has 140 valence electrons. The Bertz CT molecular complexity index is 859. The second-order valence-electron chi connectivity index (χ2n) is 6.41. The number of nitrogens with one attached hydrogen (secondary N) is 1. The van der Waals surface area contributed by atoms with E-state index in [0.717, 1.165) is 0 Å². The van der Waals surface area contributed by atoms with Crippen LogP contribution in [0.2, 0.25) is 0 Å². The topological polar surface area (TPSA) is 67.9 Å². The van der Waals surface area contributed by atoms with E-state index in [9.17, 15) is 9.59 Å². The Hall–Kier alpha value is -3.28. The molecule has 0 aliphatic carbocycles. The molecule has 1 aliphatic heterocycles. The summed E-state index contributed by atoms with van der Waals surface area (Å²) in [6.07, 6.45) is 1.72. The van der Waals surface area contributed by atoms with Gasteiger partial charge in [-0.25, -0.2) is 0 Å². The third kappa shape index (κ3) is 4.28. The van der Waals surface area contributed by atoms with Crippen LogP contribution >= 0.6 is 0 Å². The Morgan fingerprint density at radius 3 is 2.70 bits per heavy atom. The molecule has 0 bridgehead atoms. The van der Waals surface area contributed by atoms with Crippen LogP contribution in [-0.4, -0.2) is 31.1 Å². The van der Waals surface area contributed by atoms with Crippen LogP contribution in [-0.2, 0) is 4.79 Å². The van der Waals surface area contributed by atoms with Gasteiger partial charge in [0.25, 0.3) is 11.8 Å². The Balaban J connectivity index is 1.77. The molecule has 0 fully saturated rings. The normalized spacial score (nSPS) is 13.0. The number of carbonyl (C=O) groups excluding carboxylic acids is 2. The van der Waals surface area contributed by atoms with Gasteiger partial charge in [0, 0.05) is 17.8 Å². The van der Waals surface area contributed by atoms with E-state index in [4.69, 9.17) is 9.47 Å². The zero-order chi connectivity index (χ0) is 19.4. The second-order valence-corrected chi connectivity index (χ2v) is 6.41. The van der Waals surface area contributed by atoms with Gasteiger partial charge >= 0.3 is 0 Å². The van der Waals surface area contributed by atoms with Crippen LogP contribution in [0.15, 0.2) is 55.1 Å². The Kier molecular flexibility index (Phi) is 5.45. The van der Waals surface area contributed by atoms with E-state index in [1.165, 1.54) is 0 Å². The average molecular weight is 366 g/mol. The standard InChI is InChI=1S/C21H22N2O4/c1-4-11-23-18-12-16(7-10-19(18)26-13-20(23)24)22-21(25)15-5-8-17(9-6-15)27-14(2)3/h4-10,12,14H,1,11,13H2,2-3H3,(H,22,25). The first-order valence-electron chi connectivity index (χ1n) is 8.74. The minimum Gasteiger partial charge on any atom is -0.491 e. The van der Waals surface area contributed by atoms with Crippen molar-refractivity contribution in [3.05, 3.63) is 60.7 Å². The van der Waals surface area contributed by atoms with E-state index < -0.39 is 0 Å². The lowest BCUT2D eigenvalue weighted by molar-refractivity contribution is -0.121. The third-order valence-electron chi connectivity index (χ3n) is 3.96. The molecule has 0 saturated carbocycles. The van der Waals surface area contributed by atoms with Crippen molar-refractivity contribution in [3.63, 3.8) is 0 Å². The molecule has 6 heteroatoms. The van der Waals surface area contributed by atoms with Gasteiger partial charge in [-0.05, 0) is 56.3 Å². The summed E-state index contributed by atoms with van der Waals surface area (Å²) in [6.45, 7) is 7.95. The number of ether oxygens (including phenoxy) is 2. The van der Waals surface area contributed by atoms with Crippen molar-refractivity contribution >= 4 is 23.2 Å². The lowest BCUT2D eigenvalue weighted by Crippen LogP contribution is -2.38. The van der Waals surface area contributed by atoms with E-state index in [-0.39, 0.29) is 24.5 Å². The number of hydrogen-bond acceptors (Lipinski definition) is 4. The molecule has 0 unspecified atom stereocenters. The molecule has 1 aliphatic rings. The Morgan fingerprint density at radius 1 is 1.30 bits per heavy atom.